The van der Waals surface area contributed by atoms with Crippen molar-refractivity contribution < 1.29 is 21.6 Å². The van der Waals surface area contributed by atoms with Gasteiger partial charge in [0.05, 0.1) is 28.3 Å². The maximum atomic E-state index is 12.9. The number of hydrogen-bond donors (Lipinski definition) is 2. The molecule has 0 aliphatic rings. The number of nitrogens with one attached hydrogen (secondary N) is 2. The summed E-state index contributed by atoms with van der Waals surface area (Å²) >= 11 is 0. The van der Waals surface area contributed by atoms with Crippen molar-refractivity contribution in [2.24, 2.45) is 0 Å². The van der Waals surface area contributed by atoms with Gasteiger partial charge in [-0.2, -0.15) is 0 Å². The Balaban J connectivity index is 1.62. The van der Waals surface area contributed by atoms with Gasteiger partial charge in [-0.1, -0.05) is 48.5 Å². The molecule has 0 atom stereocenters. The van der Waals surface area contributed by atoms with Crippen molar-refractivity contribution in [2.45, 2.75) is 9.79 Å². The average Bonchev–Trinajstić information content (AvgIpc) is 2.79. The molecule has 0 unspecified atom stereocenters. The zero-order valence-electron chi connectivity index (χ0n) is 17.0. The van der Waals surface area contributed by atoms with Gasteiger partial charge in [-0.05, 0) is 53.2 Å². The van der Waals surface area contributed by atoms with Gasteiger partial charge in [0.2, 0.25) is 0 Å². The Labute approximate surface area is 186 Å². The van der Waals surface area contributed by atoms with Gasteiger partial charge in [0, 0.05) is 0 Å². The first kappa shape index (κ1) is 21.7. The number of sulfonamides is 2. The molecule has 32 heavy (non-hydrogen) atoms. The maximum Gasteiger partial charge on any atom is 0.262 e. The molecular weight excluding hydrogens is 448 g/mol. The molecule has 0 saturated heterocycles. The minimum Gasteiger partial charge on any atom is -0.495 e. The summed E-state index contributed by atoms with van der Waals surface area (Å²) in [5, 5.41) is 1.70. The maximum absolute atomic E-state index is 12.9. The van der Waals surface area contributed by atoms with E-state index in [0.29, 0.717) is 5.75 Å². The van der Waals surface area contributed by atoms with Gasteiger partial charge in [-0.3, -0.25) is 9.44 Å². The van der Waals surface area contributed by atoms with E-state index in [1.807, 2.05) is 24.3 Å². The standard InChI is InChI=1S/C23H20N2O5S2/c1-30-23-12-5-4-11-22(23)25-32(28,29)20-10-6-9-19(16-20)24-31(26,27)21-14-13-17-7-2-3-8-18(17)15-21/h2-16,24-25H,1H3. The van der Waals surface area contributed by atoms with E-state index < -0.39 is 20.0 Å². The Morgan fingerprint density at radius 1 is 0.625 bits per heavy atom. The molecule has 0 aliphatic carbocycles. The Bertz CT molecular complexity index is 1500. The minimum atomic E-state index is -3.98. The van der Waals surface area contributed by atoms with Crippen molar-refractivity contribution in [1.82, 2.24) is 0 Å². The van der Waals surface area contributed by atoms with E-state index in [1.165, 1.54) is 37.4 Å². The fourth-order valence-electron chi connectivity index (χ4n) is 3.21. The van der Waals surface area contributed by atoms with Gasteiger partial charge in [0.25, 0.3) is 20.0 Å². The van der Waals surface area contributed by atoms with Crippen LogP contribution in [0.15, 0.2) is 101 Å². The summed E-state index contributed by atoms with van der Waals surface area (Å²) in [6, 6.07) is 24.4. The molecule has 2 N–H and O–H groups in total. The van der Waals surface area contributed by atoms with Gasteiger partial charge in [-0.15, -0.1) is 0 Å². The van der Waals surface area contributed by atoms with Gasteiger partial charge in [0.1, 0.15) is 5.75 Å². The van der Waals surface area contributed by atoms with Crippen LogP contribution in [-0.4, -0.2) is 23.9 Å². The quantitative estimate of drug-likeness (QED) is 0.417. The Morgan fingerprint density at radius 3 is 2.06 bits per heavy atom. The van der Waals surface area contributed by atoms with E-state index in [0.717, 1.165) is 10.8 Å². The number of rotatable bonds is 7. The molecule has 9 heteroatoms. The van der Waals surface area contributed by atoms with Crippen molar-refractivity contribution in [3.8, 4) is 5.75 Å². The smallest absolute Gasteiger partial charge is 0.262 e. The number of para-hydroxylation sites is 2. The van der Waals surface area contributed by atoms with E-state index in [-0.39, 0.29) is 21.2 Å². The lowest BCUT2D eigenvalue weighted by molar-refractivity contribution is 0.417. The number of fused-ring (bicyclic) bond motifs is 1. The highest BCUT2D eigenvalue weighted by atomic mass is 32.2. The number of methoxy groups -OCH3 is 1. The molecule has 7 nitrogen and oxygen atoms in total. The van der Waals surface area contributed by atoms with Crippen molar-refractivity contribution in [2.75, 3.05) is 16.6 Å². The van der Waals surface area contributed by atoms with Gasteiger partial charge < -0.3 is 4.74 Å². The molecule has 4 aromatic rings. The Kier molecular flexibility index (Phi) is 5.77. The van der Waals surface area contributed by atoms with Crippen LogP contribution in [0.25, 0.3) is 10.8 Å². The zero-order valence-corrected chi connectivity index (χ0v) is 18.7. The van der Waals surface area contributed by atoms with Crippen LogP contribution in [0.4, 0.5) is 11.4 Å². The van der Waals surface area contributed by atoms with Gasteiger partial charge in [-0.25, -0.2) is 16.8 Å². The summed E-state index contributed by atoms with van der Waals surface area (Å²) in [5.41, 5.74) is 0.401. The van der Waals surface area contributed by atoms with Crippen molar-refractivity contribution in [3.05, 3.63) is 91.0 Å². The molecule has 164 valence electrons. The highest BCUT2D eigenvalue weighted by molar-refractivity contribution is 7.93. The molecule has 0 heterocycles. The van der Waals surface area contributed by atoms with Crippen LogP contribution in [0.5, 0.6) is 5.75 Å². The van der Waals surface area contributed by atoms with Crippen LogP contribution >= 0.6 is 0 Å². The summed E-state index contributed by atoms with van der Waals surface area (Å²) < 4.78 is 61.6. The monoisotopic (exact) mass is 468 g/mol. The van der Waals surface area contributed by atoms with E-state index in [2.05, 4.69) is 9.44 Å². The van der Waals surface area contributed by atoms with Crippen molar-refractivity contribution >= 4 is 42.2 Å². The molecular formula is C23H20N2O5S2. The van der Waals surface area contributed by atoms with Crippen LogP contribution in [0.3, 0.4) is 0 Å². The first-order chi connectivity index (χ1) is 15.3. The van der Waals surface area contributed by atoms with Crippen LogP contribution < -0.4 is 14.2 Å². The number of anilines is 2. The molecule has 0 aromatic heterocycles. The van der Waals surface area contributed by atoms with E-state index in [1.54, 1.807) is 36.4 Å². The summed E-state index contributed by atoms with van der Waals surface area (Å²) in [6.45, 7) is 0. The largest absolute Gasteiger partial charge is 0.495 e. The molecule has 0 radical (unpaired) electrons. The van der Waals surface area contributed by atoms with Crippen molar-refractivity contribution in [3.63, 3.8) is 0 Å². The molecule has 0 amide bonds. The number of hydrogen-bond acceptors (Lipinski definition) is 5. The second-order valence-electron chi connectivity index (χ2n) is 6.95. The fourth-order valence-corrected chi connectivity index (χ4v) is 5.41. The molecule has 4 rings (SSSR count). The van der Waals surface area contributed by atoms with Gasteiger partial charge >= 0.3 is 0 Å². The molecule has 0 aliphatic heterocycles. The Morgan fingerprint density at radius 2 is 1.28 bits per heavy atom. The molecule has 0 saturated carbocycles. The first-order valence-corrected chi connectivity index (χ1v) is 12.5. The van der Waals surface area contributed by atoms with Crippen molar-refractivity contribution in [1.29, 1.82) is 0 Å². The number of benzene rings is 4. The predicted molar refractivity (Wildman–Crippen MR) is 125 cm³/mol. The van der Waals surface area contributed by atoms with Crippen LogP contribution in [-0.2, 0) is 20.0 Å². The van der Waals surface area contributed by atoms with E-state index in [4.69, 9.17) is 4.74 Å². The molecule has 0 spiro atoms. The second-order valence-corrected chi connectivity index (χ2v) is 10.3. The predicted octanol–water partition coefficient (Wildman–Crippen LogP) is 4.45. The normalized spacial score (nSPS) is 11.8. The summed E-state index contributed by atoms with van der Waals surface area (Å²) in [6.07, 6.45) is 0. The SMILES string of the molecule is COc1ccccc1NS(=O)(=O)c1cccc(NS(=O)(=O)c2ccc3ccccc3c2)c1. The van der Waals surface area contributed by atoms with Crippen LogP contribution in [0.1, 0.15) is 0 Å². The summed E-state index contributed by atoms with van der Waals surface area (Å²) in [7, 11) is -6.46. The third-order valence-electron chi connectivity index (χ3n) is 4.78. The first-order valence-electron chi connectivity index (χ1n) is 9.56. The molecule has 4 aromatic carbocycles. The van der Waals surface area contributed by atoms with E-state index >= 15 is 0 Å². The average molecular weight is 469 g/mol. The molecule has 0 fully saturated rings. The lowest BCUT2D eigenvalue weighted by atomic mass is 10.1. The number of ether oxygens (including phenoxy) is 1. The Hall–Kier alpha value is -3.56. The second kappa shape index (κ2) is 8.52. The minimum absolute atomic E-state index is 0.0802. The zero-order chi connectivity index (χ0) is 22.8. The lowest BCUT2D eigenvalue weighted by Crippen LogP contribution is -2.16. The topological polar surface area (TPSA) is 102 Å². The van der Waals surface area contributed by atoms with Crippen LogP contribution in [0.2, 0.25) is 0 Å². The third-order valence-corrected chi connectivity index (χ3v) is 7.52. The van der Waals surface area contributed by atoms with Gasteiger partial charge in [0.15, 0.2) is 0 Å². The highest BCUT2D eigenvalue weighted by Gasteiger charge is 2.19. The van der Waals surface area contributed by atoms with Crippen LogP contribution in [0, 0.1) is 0 Å². The fraction of sp³-hybridized carbons (Fsp3) is 0.0435. The highest BCUT2D eigenvalue weighted by Crippen LogP contribution is 2.27. The third kappa shape index (κ3) is 4.53. The summed E-state index contributed by atoms with van der Waals surface area (Å²) in [5.74, 6) is 0.365. The summed E-state index contributed by atoms with van der Waals surface area (Å²) in [4.78, 5) is -0.0151. The van der Waals surface area contributed by atoms with E-state index in [9.17, 15) is 16.8 Å². The molecule has 0 bridgehead atoms. The lowest BCUT2D eigenvalue weighted by Gasteiger charge is -2.13.